The van der Waals surface area contributed by atoms with Crippen molar-refractivity contribution in [3.8, 4) is 0 Å². The molecule has 5 rings (SSSR count). The number of nitrogens with one attached hydrogen (secondary N) is 2. The predicted molar refractivity (Wildman–Crippen MR) is 160 cm³/mol. The third-order valence-electron chi connectivity index (χ3n) is 7.30. The molecule has 2 aliphatic heterocycles. The number of hydrogen-bond acceptors (Lipinski definition) is 8. The Labute approximate surface area is 247 Å². The Hall–Kier alpha value is -4.39. The van der Waals surface area contributed by atoms with E-state index in [1.807, 2.05) is 23.1 Å². The van der Waals surface area contributed by atoms with E-state index < -0.39 is 11.9 Å². The molecule has 1 atom stereocenters. The number of carbonyl (C=O) groups excluding carboxylic acids is 4. The summed E-state index contributed by atoms with van der Waals surface area (Å²) >= 11 is 1.49. The number of aliphatic imine (C=N–C) groups is 1. The van der Waals surface area contributed by atoms with Crippen LogP contribution in [0.2, 0.25) is 0 Å². The van der Waals surface area contributed by atoms with Gasteiger partial charge in [0, 0.05) is 45.6 Å². The number of fused-ring (bicyclic) bond motifs is 1. The van der Waals surface area contributed by atoms with Gasteiger partial charge in [-0.05, 0) is 62.4 Å². The van der Waals surface area contributed by atoms with Gasteiger partial charge in [0.2, 0.25) is 17.8 Å². The fourth-order valence-corrected chi connectivity index (χ4v) is 5.69. The summed E-state index contributed by atoms with van der Waals surface area (Å²) in [5, 5.41) is 5.95. The number of benzene rings is 1. The molecule has 3 aromatic rings. The molecule has 42 heavy (non-hydrogen) atoms. The van der Waals surface area contributed by atoms with Crippen LogP contribution in [-0.2, 0) is 9.59 Å². The van der Waals surface area contributed by atoms with Gasteiger partial charge in [-0.1, -0.05) is 0 Å². The van der Waals surface area contributed by atoms with Crippen LogP contribution in [0.15, 0.2) is 47.0 Å². The zero-order valence-corrected chi connectivity index (χ0v) is 24.5. The van der Waals surface area contributed by atoms with Crippen molar-refractivity contribution >= 4 is 56.8 Å². The first-order valence-corrected chi connectivity index (χ1v) is 14.9. The summed E-state index contributed by atoms with van der Waals surface area (Å²) in [6.45, 7) is 1.98. The van der Waals surface area contributed by atoms with Crippen LogP contribution in [0.5, 0.6) is 0 Å². The number of nitrogens with zero attached hydrogens (tertiary/aromatic N) is 6. The Balaban J connectivity index is 1.38. The van der Waals surface area contributed by atoms with Gasteiger partial charge in [-0.3, -0.25) is 29.5 Å². The second-order valence-corrected chi connectivity index (χ2v) is 11.5. The maximum Gasteiger partial charge on any atom is 0.271 e. The van der Waals surface area contributed by atoms with E-state index in [-0.39, 0.29) is 41.5 Å². The van der Waals surface area contributed by atoms with Crippen molar-refractivity contribution in [2.75, 3.05) is 45.6 Å². The first kappa shape index (κ1) is 29.1. The van der Waals surface area contributed by atoms with Crippen molar-refractivity contribution in [3.05, 3.63) is 53.3 Å². The summed E-state index contributed by atoms with van der Waals surface area (Å²) in [4.78, 5) is 69.8. The van der Waals surface area contributed by atoms with Crippen LogP contribution in [0.25, 0.3) is 10.2 Å². The van der Waals surface area contributed by atoms with Crippen LogP contribution >= 0.6 is 11.3 Å². The number of aromatic nitrogens is 2. The van der Waals surface area contributed by atoms with E-state index in [1.54, 1.807) is 24.5 Å². The fraction of sp³-hybridized carbons (Fsp3) is 0.414. The molecule has 12 nitrogen and oxygen atoms in total. The summed E-state index contributed by atoms with van der Waals surface area (Å²) in [6, 6.07) is 7.82. The SMILES string of the molecule is CN(C)C(=O)c1ccc(C(=O)NC(=N[C@H]2CCCCN(CC(=O)N3CCCC3)C2=O)Nc2ccc3ncsc3c2)cn1. The third kappa shape index (κ3) is 6.90. The third-order valence-corrected chi connectivity index (χ3v) is 8.09. The molecular weight excluding hydrogens is 556 g/mol. The molecule has 0 bridgehead atoms. The molecule has 220 valence electrons. The standard InChI is InChI=1S/C29H34N8O4S/c1-35(2)27(40)22-10-8-19(16-30-22)26(39)34-29(32-20-9-11-21-24(15-20)42-18-31-21)33-23-7-3-4-14-37(28(23)41)17-25(38)36-12-5-6-13-36/h8-11,15-16,18,23H,3-7,12-14,17H2,1-2H3,(H2,32,33,34,39)/t23-/m0/s1. The zero-order valence-electron chi connectivity index (χ0n) is 23.7. The maximum atomic E-state index is 13.6. The van der Waals surface area contributed by atoms with Gasteiger partial charge in [0.1, 0.15) is 11.7 Å². The van der Waals surface area contributed by atoms with Crippen LogP contribution < -0.4 is 10.6 Å². The molecule has 4 heterocycles. The van der Waals surface area contributed by atoms with Gasteiger partial charge in [0.25, 0.3) is 11.8 Å². The van der Waals surface area contributed by atoms with Gasteiger partial charge in [-0.15, -0.1) is 11.3 Å². The number of thiazole rings is 1. The molecule has 0 radical (unpaired) electrons. The molecule has 0 spiro atoms. The molecular formula is C29H34N8O4S. The first-order valence-electron chi connectivity index (χ1n) is 14.0. The maximum absolute atomic E-state index is 13.6. The average molecular weight is 591 g/mol. The van der Waals surface area contributed by atoms with Crippen molar-refractivity contribution in [2.45, 2.75) is 38.1 Å². The summed E-state index contributed by atoms with van der Waals surface area (Å²) in [6.07, 6.45) is 5.32. The number of guanidine groups is 1. The smallest absolute Gasteiger partial charge is 0.271 e. The summed E-state index contributed by atoms with van der Waals surface area (Å²) in [5.74, 6) is -0.954. The Bertz CT molecular complexity index is 1500. The second kappa shape index (κ2) is 13.1. The highest BCUT2D eigenvalue weighted by molar-refractivity contribution is 7.16. The number of anilines is 1. The van der Waals surface area contributed by atoms with Crippen LogP contribution in [-0.4, -0.2) is 101 Å². The zero-order chi connectivity index (χ0) is 29.6. The minimum Gasteiger partial charge on any atom is -0.343 e. The number of rotatable bonds is 6. The Kier molecular flexibility index (Phi) is 9.06. The molecule has 2 fully saturated rings. The van der Waals surface area contributed by atoms with Crippen molar-refractivity contribution in [1.29, 1.82) is 0 Å². The van der Waals surface area contributed by atoms with Crippen LogP contribution in [0.4, 0.5) is 5.69 Å². The summed E-state index contributed by atoms with van der Waals surface area (Å²) < 4.78 is 0.952. The molecule has 13 heteroatoms. The van der Waals surface area contributed by atoms with Gasteiger partial charge in [-0.2, -0.15) is 0 Å². The Morgan fingerprint density at radius 1 is 1.05 bits per heavy atom. The summed E-state index contributed by atoms with van der Waals surface area (Å²) in [7, 11) is 3.25. The molecule has 0 saturated carbocycles. The van der Waals surface area contributed by atoms with E-state index in [9.17, 15) is 19.2 Å². The normalized spacial score (nSPS) is 17.7. The van der Waals surface area contributed by atoms with Crippen LogP contribution in [0, 0.1) is 0 Å². The number of likely N-dealkylation sites (tertiary alicyclic amines) is 2. The monoisotopic (exact) mass is 590 g/mol. The van der Waals surface area contributed by atoms with Crippen molar-refractivity contribution in [1.82, 2.24) is 30.0 Å². The van der Waals surface area contributed by atoms with E-state index in [2.05, 4.69) is 20.6 Å². The van der Waals surface area contributed by atoms with E-state index in [0.717, 1.165) is 49.0 Å². The molecule has 2 aromatic heterocycles. The van der Waals surface area contributed by atoms with Gasteiger partial charge < -0.3 is 20.0 Å². The van der Waals surface area contributed by atoms with Gasteiger partial charge >= 0.3 is 0 Å². The average Bonchev–Trinajstić information content (AvgIpc) is 3.67. The number of pyridine rings is 1. The number of carbonyl (C=O) groups is 4. The number of hydrogen-bond donors (Lipinski definition) is 2. The minimum atomic E-state index is -0.771. The van der Waals surface area contributed by atoms with E-state index in [0.29, 0.717) is 18.7 Å². The largest absolute Gasteiger partial charge is 0.343 e. The van der Waals surface area contributed by atoms with Crippen molar-refractivity contribution in [2.24, 2.45) is 4.99 Å². The van der Waals surface area contributed by atoms with Crippen LogP contribution in [0.3, 0.4) is 0 Å². The molecule has 1 aromatic carbocycles. The lowest BCUT2D eigenvalue weighted by atomic mass is 10.1. The predicted octanol–water partition coefficient (Wildman–Crippen LogP) is 2.59. The lowest BCUT2D eigenvalue weighted by molar-refractivity contribution is -0.140. The van der Waals surface area contributed by atoms with E-state index in [1.165, 1.54) is 34.6 Å². The summed E-state index contributed by atoms with van der Waals surface area (Å²) in [5.41, 5.74) is 3.71. The molecule has 2 aliphatic rings. The molecule has 4 amide bonds. The minimum absolute atomic E-state index is 0.0334. The highest BCUT2D eigenvalue weighted by Crippen LogP contribution is 2.22. The van der Waals surface area contributed by atoms with Gasteiger partial charge in [-0.25, -0.2) is 9.98 Å². The lowest BCUT2D eigenvalue weighted by Crippen LogP contribution is -2.45. The first-order chi connectivity index (χ1) is 20.3. The Morgan fingerprint density at radius 3 is 2.57 bits per heavy atom. The highest BCUT2D eigenvalue weighted by atomic mass is 32.1. The fourth-order valence-electron chi connectivity index (χ4n) is 4.98. The van der Waals surface area contributed by atoms with Gasteiger partial charge in [0.05, 0.1) is 27.8 Å². The van der Waals surface area contributed by atoms with E-state index >= 15 is 0 Å². The quantitative estimate of drug-likeness (QED) is 0.332. The lowest BCUT2D eigenvalue weighted by Gasteiger charge is -2.25. The van der Waals surface area contributed by atoms with Gasteiger partial charge in [0.15, 0.2) is 0 Å². The molecule has 0 unspecified atom stereocenters. The second-order valence-electron chi connectivity index (χ2n) is 10.6. The Morgan fingerprint density at radius 2 is 1.83 bits per heavy atom. The number of amides is 4. The van der Waals surface area contributed by atoms with Crippen molar-refractivity contribution < 1.29 is 19.2 Å². The molecule has 2 N–H and O–H groups in total. The highest BCUT2D eigenvalue weighted by Gasteiger charge is 2.30. The van der Waals surface area contributed by atoms with E-state index in [4.69, 9.17) is 4.99 Å². The van der Waals surface area contributed by atoms with Crippen LogP contribution in [0.1, 0.15) is 53.0 Å². The van der Waals surface area contributed by atoms with Crippen molar-refractivity contribution in [3.63, 3.8) is 0 Å². The topological polar surface area (TPSA) is 140 Å². The molecule has 2 saturated heterocycles. The molecule has 0 aliphatic carbocycles.